The summed E-state index contributed by atoms with van der Waals surface area (Å²) in [6.07, 6.45) is 0. The van der Waals surface area contributed by atoms with E-state index >= 15 is 0 Å². The van der Waals surface area contributed by atoms with Gasteiger partial charge in [-0.15, -0.1) is 0 Å². The molecule has 0 saturated heterocycles. The van der Waals surface area contributed by atoms with Crippen molar-refractivity contribution in [2.24, 2.45) is 11.1 Å². The van der Waals surface area contributed by atoms with Crippen LogP contribution < -0.4 is 11.1 Å². The van der Waals surface area contributed by atoms with E-state index in [0.29, 0.717) is 13.1 Å². The second-order valence-electron chi connectivity index (χ2n) is 5.22. The average Bonchev–Trinajstić information content (AvgIpc) is 2.25. The van der Waals surface area contributed by atoms with Crippen molar-refractivity contribution >= 4 is 17.8 Å². The van der Waals surface area contributed by atoms with Crippen molar-refractivity contribution in [3.63, 3.8) is 0 Å². The van der Waals surface area contributed by atoms with Crippen LogP contribution in [0.25, 0.3) is 0 Å². The van der Waals surface area contributed by atoms with Gasteiger partial charge in [-0.05, 0) is 25.8 Å². The van der Waals surface area contributed by atoms with Crippen molar-refractivity contribution in [2.45, 2.75) is 33.3 Å². The molecule has 0 radical (unpaired) electrons. The Hall–Kier alpha value is -1.67. The number of hydrogen-bond acceptors (Lipinski definition) is 5. The van der Waals surface area contributed by atoms with Gasteiger partial charge in [-0.3, -0.25) is 4.79 Å². The highest BCUT2D eigenvalue weighted by atomic mass is 16.4. The van der Waals surface area contributed by atoms with Crippen LogP contribution in [0.3, 0.4) is 0 Å². The second kappa shape index (κ2) is 7.70. The molecular weight excluding hydrogens is 256 g/mol. The molecule has 0 aliphatic rings. The van der Waals surface area contributed by atoms with Crippen LogP contribution in [0.2, 0.25) is 0 Å². The molecule has 0 atom stereocenters. The van der Waals surface area contributed by atoms with E-state index in [1.165, 1.54) is 13.8 Å². The largest absolute Gasteiger partial charge is 0.473 e. The molecule has 1 amide bonds. The summed E-state index contributed by atoms with van der Waals surface area (Å²) >= 11 is 0. The van der Waals surface area contributed by atoms with Crippen LogP contribution in [0.5, 0.6) is 0 Å². The summed E-state index contributed by atoms with van der Waals surface area (Å²) in [5.41, 5.74) is 4.05. The Balaban J connectivity index is 0. The van der Waals surface area contributed by atoms with Crippen molar-refractivity contribution in [1.29, 1.82) is 0 Å². The molecule has 0 aliphatic heterocycles. The number of carboxylic acid groups (broad SMARTS) is 2. The van der Waals surface area contributed by atoms with Crippen LogP contribution in [-0.2, 0) is 14.4 Å². The Morgan fingerprint density at radius 2 is 1.42 bits per heavy atom. The summed E-state index contributed by atoms with van der Waals surface area (Å²) in [4.78, 5) is 29.4. The smallest absolute Gasteiger partial charge is 0.414 e. The molecule has 0 heterocycles. The first-order valence-electron chi connectivity index (χ1n) is 5.50. The highest BCUT2D eigenvalue weighted by Crippen LogP contribution is 2.11. The molecule has 0 rings (SSSR count). The van der Waals surface area contributed by atoms with Gasteiger partial charge in [0.05, 0.1) is 0 Å². The van der Waals surface area contributed by atoms with Crippen LogP contribution in [-0.4, -0.2) is 51.9 Å². The topological polar surface area (TPSA) is 150 Å². The van der Waals surface area contributed by atoms with Gasteiger partial charge in [-0.25, -0.2) is 9.59 Å². The summed E-state index contributed by atoms with van der Waals surface area (Å²) in [7, 11) is 0. The highest BCUT2D eigenvalue weighted by molar-refractivity contribution is 6.27. The number of carboxylic acids is 2. The molecule has 0 aromatic heterocycles. The number of carbonyl (C=O) groups excluding carboxylic acids is 1. The van der Waals surface area contributed by atoms with Gasteiger partial charge in [0.2, 0.25) is 0 Å². The van der Waals surface area contributed by atoms with Crippen LogP contribution in [0.15, 0.2) is 0 Å². The van der Waals surface area contributed by atoms with Crippen molar-refractivity contribution in [2.75, 3.05) is 13.1 Å². The molecule has 0 saturated carbocycles. The van der Waals surface area contributed by atoms with Crippen LogP contribution >= 0.6 is 0 Å². The Labute approximate surface area is 111 Å². The van der Waals surface area contributed by atoms with Gasteiger partial charge >= 0.3 is 11.9 Å². The lowest BCUT2D eigenvalue weighted by Crippen LogP contribution is -2.46. The van der Waals surface area contributed by atoms with Crippen molar-refractivity contribution < 1.29 is 29.7 Å². The molecule has 0 aliphatic carbocycles. The van der Waals surface area contributed by atoms with Gasteiger partial charge in [0.25, 0.3) is 5.91 Å². The maximum absolute atomic E-state index is 11.2. The first-order valence-corrected chi connectivity index (χ1v) is 5.50. The SMILES string of the molecule is CC(C)(CN)CNC(=O)C(C)(C)O.O=C(O)C(=O)O. The van der Waals surface area contributed by atoms with E-state index in [-0.39, 0.29) is 11.3 Å². The van der Waals surface area contributed by atoms with Crippen LogP contribution in [0.4, 0.5) is 0 Å². The van der Waals surface area contributed by atoms with Gasteiger partial charge in [0.15, 0.2) is 0 Å². The molecular formula is C11H22N2O6. The van der Waals surface area contributed by atoms with E-state index in [9.17, 15) is 9.90 Å². The predicted octanol–water partition coefficient (Wildman–Crippen LogP) is -0.986. The van der Waals surface area contributed by atoms with Crippen LogP contribution in [0.1, 0.15) is 27.7 Å². The quantitative estimate of drug-likeness (QED) is 0.414. The Morgan fingerprint density at radius 1 is 1.05 bits per heavy atom. The molecule has 0 spiro atoms. The summed E-state index contributed by atoms with van der Waals surface area (Å²) in [6, 6.07) is 0. The molecule has 6 N–H and O–H groups in total. The lowest BCUT2D eigenvalue weighted by Gasteiger charge is -2.25. The third-order valence-electron chi connectivity index (χ3n) is 2.02. The highest BCUT2D eigenvalue weighted by Gasteiger charge is 2.25. The Bertz CT molecular complexity index is 321. The van der Waals surface area contributed by atoms with E-state index in [1.54, 1.807) is 0 Å². The van der Waals surface area contributed by atoms with E-state index in [4.69, 9.17) is 25.5 Å². The molecule has 0 aromatic rings. The van der Waals surface area contributed by atoms with Gasteiger partial charge in [-0.2, -0.15) is 0 Å². The number of nitrogens with one attached hydrogen (secondary N) is 1. The summed E-state index contributed by atoms with van der Waals surface area (Å²) in [5, 5.41) is 26.7. The fourth-order valence-electron chi connectivity index (χ4n) is 0.608. The number of aliphatic hydroxyl groups is 1. The lowest BCUT2D eigenvalue weighted by molar-refractivity contribution is -0.159. The van der Waals surface area contributed by atoms with Crippen LogP contribution in [0, 0.1) is 5.41 Å². The van der Waals surface area contributed by atoms with Gasteiger partial charge in [-0.1, -0.05) is 13.8 Å². The summed E-state index contributed by atoms with van der Waals surface area (Å²) in [6.45, 7) is 7.80. The summed E-state index contributed by atoms with van der Waals surface area (Å²) < 4.78 is 0. The zero-order valence-corrected chi connectivity index (χ0v) is 11.6. The number of aliphatic carboxylic acids is 2. The number of nitrogens with two attached hydrogens (primary N) is 1. The third kappa shape index (κ3) is 11.2. The zero-order valence-electron chi connectivity index (χ0n) is 11.6. The Morgan fingerprint density at radius 3 is 1.63 bits per heavy atom. The number of carbonyl (C=O) groups is 3. The standard InChI is InChI=1S/C9H20N2O2.C2H2O4/c1-8(2,5-10)6-11-7(12)9(3,4)13;3-1(4)2(5)6/h13H,5-6,10H2,1-4H3,(H,11,12);(H,3,4)(H,5,6). The normalized spacial score (nSPS) is 11.1. The monoisotopic (exact) mass is 278 g/mol. The number of hydrogen-bond donors (Lipinski definition) is 5. The molecule has 8 nitrogen and oxygen atoms in total. The first-order chi connectivity index (χ1) is 8.33. The van der Waals surface area contributed by atoms with Crippen molar-refractivity contribution in [3.8, 4) is 0 Å². The lowest BCUT2D eigenvalue weighted by atomic mass is 9.93. The van der Waals surface area contributed by atoms with E-state index in [0.717, 1.165) is 0 Å². The predicted molar refractivity (Wildman–Crippen MR) is 67.4 cm³/mol. The van der Waals surface area contributed by atoms with Gasteiger partial charge in [0, 0.05) is 6.54 Å². The summed E-state index contributed by atoms with van der Waals surface area (Å²) in [5.74, 6) is -4.01. The fourth-order valence-corrected chi connectivity index (χ4v) is 0.608. The van der Waals surface area contributed by atoms with E-state index in [2.05, 4.69) is 5.32 Å². The van der Waals surface area contributed by atoms with E-state index < -0.39 is 17.5 Å². The van der Waals surface area contributed by atoms with E-state index in [1.807, 2.05) is 13.8 Å². The number of amides is 1. The second-order valence-corrected chi connectivity index (χ2v) is 5.22. The maximum Gasteiger partial charge on any atom is 0.414 e. The molecule has 0 fully saturated rings. The molecule has 0 bridgehead atoms. The minimum absolute atomic E-state index is 0.124. The molecule has 19 heavy (non-hydrogen) atoms. The fraction of sp³-hybridized carbons (Fsp3) is 0.727. The van der Waals surface area contributed by atoms with Gasteiger partial charge < -0.3 is 26.4 Å². The molecule has 8 heteroatoms. The van der Waals surface area contributed by atoms with Crippen molar-refractivity contribution in [3.05, 3.63) is 0 Å². The number of rotatable bonds is 4. The third-order valence-corrected chi connectivity index (χ3v) is 2.02. The average molecular weight is 278 g/mol. The minimum Gasteiger partial charge on any atom is -0.473 e. The molecule has 112 valence electrons. The molecule has 0 aromatic carbocycles. The minimum atomic E-state index is -1.82. The first kappa shape index (κ1) is 19.7. The molecule has 0 unspecified atom stereocenters. The maximum atomic E-state index is 11.2. The Kier molecular flexibility index (Phi) is 7.97. The zero-order chi connectivity index (χ0) is 15.9. The van der Waals surface area contributed by atoms with Gasteiger partial charge in [0.1, 0.15) is 5.60 Å². The van der Waals surface area contributed by atoms with Crippen molar-refractivity contribution in [1.82, 2.24) is 5.32 Å².